The van der Waals surface area contributed by atoms with E-state index in [0.29, 0.717) is 6.04 Å². The van der Waals surface area contributed by atoms with E-state index in [9.17, 15) is 4.79 Å². The molecule has 2 atom stereocenters. The molecule has 0 bridgehead atoms. The third-order valence-corrected chi connectivity index (χ3v) is 3.62. The van der Waals surface area contributed by atoms with Crippen LogP contribution in [0.1, 0.15) is 19.3 Å². The summed E-state index contributed by atoms with van der Waals surface area (Å²) in [5.41, 5.74) is 0. The van der Waals surface area contributed by atoms with Gasteiger partial charge in [0.2, 0.25) is 5.91 Å². The molecule has 15 heavy (non-hydrogen) atoms. The van der Waals surface area contributed by atoms with Crippen molar-refractivity contribution in [3.8, 4) is 0 Å². The van der Waals surface area contributed by atoms with Crippen LogP contribution in [-0.4, -0.2) is 61.5 Å². The summed E-state index contributed by atoms with van der Waals surface area (Å²) < 4.78 is 0. The molecular formula is C11H21N3O. The summed E-state index contributed by atoms with van der Waals surface area (Å²) in [6.07, 6.45) is 3.26. The molecular weight excluding hydrogens is 190 g/mol. The summed E-state index contributed by atoms with van der Waals surface area (Å²) in [7, 11) is 4.07. The zero-order chi connectivity index (χ0) is 10.8. The van der Waals surface area contributed by atoms with E-state index in [4.69, 9.17) is 0 Å². The summed E-state index contributed by atoms with van der Waals surface area (Å²) in [4.78, 5) is 16.3. The van der Waals surface area contributed by atoms with Crippen molar-refractivity contribution in [2.24, 2.45) is 0 Å². The number of nitrogens with one attached hydrogen (secondary N) is 1. The zero-order valence-electron chi connectivity index (χ0n) is 9.70. The van der Waals surface area contributed by atoms with Crippen LogP contribution in [0.4, 0.5) is 0 Å². The number of hydrogen-bond donors (Lipinski definition) is 1. The summed E-state index contributed by atoms with van der Waals surface area (Å²) in [5, 5.41) is 3.27. The Morgan fingerprint density at radius 2 is 2.27 bits per heavy atom. The maximum absolute atomic E-state index is 12.1. The van der Waals surface area contributed by atoms with Gasteiger partial charge in [-0.05, 0) is 39.4 Å². The number of likely N-dealkylation sites (N-methyl/N-ethyl adjacent to an activating group) is 2. The highest BCUT2D eigenvalue weighted by atomic mass is 16.2. The molecule has 0 aromatic heterocycles. The molecule has 1 amide bonds. The Labute approximate surface area is 91.6 Å². The van der Waals surface area contributed by atoms with E-state index in [0.717, 1.165) is 38.9 Å². The minimum Gasteiger partial charge on any atom is -0.340 e. The van der Waals surface area contributed by atoms with Gasteiger partial charge in [-0.15, -0.1) is 0 Å². The van der Waals surface area contributed by atoms with Crippen molar-refractivity contribution in [3.05, 3.63) is 0 Å². The predicted octanol–water partition coefficient (Wildman–Crippen LogP) is -0.0991. The molecule has 4 nitrogen and oxygen atoms in total. The van der Waals surface area contributed by atoms with Crippen molar-refractivity contribution in [2.45, 2.75) is 31.3 Å². The standard InChI is InChI=1S/C11H21N3O/c1-13-7-5-9(8-13)14(2)11(15)10-4-3-6-12-10/h9-10,12H,3-8H2,1-2H3. The Balaban J connectivity index is 1.89. The van der Waals surface area contributed by atoms with Crippen molar-refractivity contribution in [3.63, 3.8) is 0 Å². The number of amides is 1. The minimum atomic E-state index is 0.0842. The molecule has 2 saturated heterocycles. The Morgan fingerprint density at radius 3 is 2.80 bits per heavy atom. The normalized spacial score (nSPS) is 32.1. The largest absolute Gasteiger partial charge is 0.340 e. The van der Waals surface area contributed by atoms with Gasteiger partial charge in [0.15, 0.2) is 0 Å². The smallest absolute Gasteiger partial charge is 0.239 e. The average molecular weight is 211 g/mol. The number of nitrogens with zero attached hydrogens (tertiary/aromatic N) is 2. The lowest BCUT2D eigenvalue weighted by atomic mass is 10.1. The maximum atomic E-state index is 12.1. The van der Waals surface area contributed by atoms with E-state index < -0.39 is 0 Å². The lowest BCUT2D eigenvalue weighted by molar-refractivity contribution is -0.133. The second kappa shape index (κ2) is 4.49. The maximum Gasteiger partial charge on any atom is 0.239 e. The number of hydrogen-bond acceptors (Lipinski definition) is 3. The molecule has 2 unspecified atom stereocenters. The number of likely N-dealkylation sites (tertiary alicyclic amines) is 1. The average Bonchev–Trinajstić information content (AvgIpc) is 2.85. The summed E-state index contributed by atoms with van der Waals surface area (Å²) in [5.74, 6) is 0.285. The van der Waals surface area contributed by atoms with Crippen LogP contribution >= 0.6 is 0 Å². The van der Waals surface area contributed by atoms with E-state index in [2.05, 4.69) is 17.3 Å². The van der Waals surface area contributed by atoms with Gasteiger partial charge in [-0.1, -0.05) is 0 Å². The van der Waals surface area contributed by atoms with Gasteiger partial charge in [-0.25, -0.2) is 0 Å². The van der Waals surface area contributed by atoms with Crippen LogP contribution in [0.15, 0.2) is 0 Å². The zero-order valence-corrected chi connectivity index (χ0v) is 9.70. The molecule has 0 aromatic carbocycles. The first-order valence-electron chi connectivity index (χ1n) is 5.87. The molecule has 0 spiro atoms. The Kier molecular flexibility index (Phi) is 3.26. The molecule has 0 aliphatic carbocycles. The predicted molar refractivity (Wildman–Crippen MR) is 59.7 cm³/mol. The first-order valence-corrected chi connectivity index (χ1v) is 5.87. The molecule has 0 saturated carbocycles. The quantitative estimate of drug-likeness (QED) is 0.693. The van der Waals surface area contributed by atoms with Gasteiger partial charge in [0.1, 0.15) is 0 Å². The van der Waals surface area contributed by atoms with Crippen LogP contribution in [0.25, 0.3) is 0 Å². The van der Waals surface area contributed by atoms with Gasteiger partial charge in [-0.3, -0.25) is 4.79 Å². The molecule has 2 rings (SSSR count). The lowest BCUT2D eigenvalue weighted by Gasteiger charge is -2.27. The third kappa shape index (κ3) is 2.32. The first-order chi connectivity index (χ1) is 7.18. The number of carbonyl (C=O) groups is 1. The van der Waals surface area contributed by atoms with Gasteiger partial charge in [0, 0.05) is 19.6 Å². The van der Waals surface area contributed by atoms with Crippen molar-refractivity contribution in [2.75, 3.05) is 33.7 Å². The van der Waals surface area contributed by atoms with Gasteiger partial charge in [-0.2, -0.15) is 0 Å². The Hall–Kier alpha value is -0.610. The molecule has 0 aromatic rings. The summed E-state index contributed by atoms with van der Waals surface area (Å²) in [6.45, 7) is 3.13. The molecule has 2 aliphatic heterocycles. The van der Waals surface area contributed by atoms with Crippen LogP contribution in [0.2, 0.25) is 0 Å². The van der Waals surface area contributed by atoms with E-state index in [1.807, 2.05) is 11.9 Å². The minimum absolute atomic E-state index is 0.0842. The lowest BCUT2D eigenvalue weighted by Crippen LogP contribution is -2.47. The topological polar surface area (TPSA) is 35.6 Å². The molecule has 0 radical (unpaired) electrons. The molecule has 86 valence electrons. The summed E-state index contributed by atoms with van der Waals surface area (Å²) >= 11 is 0. The van der Waals surface area contributed by atoms with E-state index >= 15 is 0 Å². The SMILES string of the molecule is CN1CCC(N(C)C(=O)C2CCCN2)C1. The van der Waals surface area contributed by atoms with Gasteiger partial charge in [0.25, 0.3) is 0 Å². The van der Waals surface area contributed by atoms with E-state index in [1.54, 1.807) is 0 Å². The molecule has 1 N–H and O–H groups in total. The molecule has 2 fully saturated rings. The first kappa shape index (κ1) is 10.9. The van der Waals surface area contributed by atoms with Crippen LogP contribution < -0.4 is 5.32 Å². The van der Waals surface area contributed by atoms with E-state index in [-0.39, 0.29) is 11.9 Å². The van der Waals surface area contributed by atoms with Gasteiger partial charge < -0.3 is 15.1 Å². The highest BCUT2D eigenvalue weighted by molar-refractivity contribution is 5.82. The second-order valence-electron chi connectivity index (χ2n) is 4.80. The van der Waals surface area contributed by atoms with E-state index in [1.165, 1.54) is 0 Å². The Bertz CT molecular complexity index is 238. The number of carbonyl (C=O) groups excluding carboxylic acids is 1. The fourth-order valence-electron chi connectivity index (χ4n) is 2.55. The van der Waals surface area contributed by atoms with Crippen molar-refractivity contribution in [1.29, 1.82) is 0 Å². The highest BCUT2D eigenvalue weighted by Crippen LogP contribution is 2.15. The Morgan fingerprint density at radius 1 is 1.47 bits per heavy atom. The fourth-order valence-corrected chi connectivity index (χ4v) is 2.55. The van der Waals surface area contributed by atoms with Gasteiger partial charge in [0.05, 0.1) is 6.04 Å². The third-order valence-electron chi connectivity index (χ3n) is 3.62. The van der Waals surface area contributed by atoms with Gasteiger partial charge >= 0.3 is 0 Å². The molecule has 4 heteroatoms. The fraction of sp³-hybridized carbons (Fsp3) is 0.909. The highest BCUT2D eigenvalue weighted by Gasteiger charge is 2.31. The molecule has 2 heterocycles. The van der Waals surface area contributed by atoms with Crippen LogP contribution in [0, 0.1) is 0 Å². The van der Waals surface area contributed by atoms with Crippen molar-refractivity contribution in [1.82, 2.24) is 15.1 Å². The van der Waals surface area contributed by atoms with Crippen LogP contribution in [0.5, 0.6) is 0 Å². The monoisotopic (exact) mass is 211 g/mol. The van der Waals surface area contributed by atoms with Crippen LogP contribution in [-0.2, 0) is 4.79 Å². The van der Waals surface area contributed by atoms with Crippen molar-refractivity contribution >= 4 is 5.91 Å². The summed E-state index contributed by atoms with van der Waals surface area (Å²) in [6, 6.07) is 0.505. The number of rotatable bonds is 2. The van der Waals surface area contributed by atoms with Crippen molar-refractivity contribution < 1.29 is 4.79 Å². The second-order valence-corrected chi connectivity index (χ2v) is 4.80. The molecule has 2 aliphatic rings. The van der Waals surface area contributed by atoms with Crippen LogP contribution in [0.3, 0.4) is 0 Å².